The molecule has 0 aliphatic heterocycles. The molecular formula is C12H20N2. The van der Waals surface area contributed by atoms with Gasteiger partial charge in [0.25, 0.3) is 0 Å². The van der Waals surface area contributed by atoms with Crippen molar-refractivity contribution in [2.45, 2.75) is 46.1 Å². The predicted octanol–water partition coefficient (Wildman–Crippen LogP) is 3.38. The third-order valence-corrected chi connectivity index (χ3v) is 2.40. The molecule has 0 spiro atoms. The summed E-state index contributed by atoms with van der Waals surface area (Å²) in [5, 5.41) is 3.46. The van der Waals surface area contributed by atoms with Crippen LogP contribution in [0.2, 0.25) is 0 Å². The maximum atomic E-state index is 4.30. The Morgan fingerprint density at radius 2 is 2.21 bits per heavy atom. The van der Waals surface area contributed by atoms with Gasteiger partial charge in [0.05, 0.1) is 0 Å². The number of hydrogen-bond donors (Lipinski definition) is 1. The Morgan fingerprint density at radius 1 is 1.43 bits per heavy atom. The van der Waals surface area contributed by atoms with Gasteiger partial charge in [0.15, 0.2) is 0 Å². The molecule has 0 fully saturated rings. The molecule has 0 bridgehead atoms. The normalized spacial score (nSPS) is 12.5. The fourth-order valence-electron chi connectivity index (χ4n) is 1.55. The summed E-state index contributed by atoms with van der Waals surface area (Å²) in [5.74, 6) is 1.00. The van der Waals surface area contributed by atoms with Crippen LogP contribution in [-0.4, -0.2) is 11.0 Å². The molecule has 1 aromatic rings. The summed E-state index contributed by atoms with van der Waals surface area (Å²) in [6.45, 7) is 6.52. The third kappa shape index (κ3) is 3.36. The van der Waals surface area contributed by atoms with Crippen molar-refractivity contribution in [1.29, 1.82) is 0 Å². The van der Waals surface area contributed by atoms with Crippen LogP contribution in [-0.2, 0) is 0 Å². The van der Waals surface area contributed by atoms with Gasteiger partial charge < -0.3 is 5.32 Å². The van der Waals surface area contributed by atoms with Crippen molar-refractivity contribution >= 4 is 5.82 Å². The number of anilines is 1. The second-order valence-electron chi connectivity index (χ2n) is 3.76. The van der Waals surface area contributed by atoms with Crippen LogP contribution < -0.4 is 5.32 Å². The third-order valence-electron chi connectivity index (χ3n) is 2.40. The summed E-state index contributed by atoms with van der Waals surface area (Å²) in [6, 6.07) is 4.68. The summed E-state index contributed by atoms with van der Waals surface area (Å²) >= 11 is 0. The maximum absolute atomic E-state index is 4.30. The van der Waals surface area contributed by atoms with E-state index in [0.717, 1.165) is 12.2 Å². The Bertz CT molecular complexity index is 271. The second-order valence-corrected chi connectivity index (χ2v) is 3.76. The van der Waals surface area contributed by atoms with Gasteiger partial charge in [-0.2, -0.15) is 0 Å². The van der Waals surface area contributed by atoms with Crippen molar-refractivity contribution in [2.75, 3.05) is 5.32 Å². The van der Waals surface area contributed by atoms with Gasteiger partial charge in [0.2, 0.25) is 0 Å². The Labute approximate surface area is 86.8 Å². The minimum atomic E-state index is 0.564. The van der Waals surface area contributed by atoms with Crippen molar-refractivity contribution in [3.63, 3.8) is 0 Å². The molecule has 1 aromatic heterocycles. The number of aromatic nitrogens is 1. The summed E-state index contributed by atoms with van der Waals surface area (Å²) in [6.07, 6.45) is 5.45. The molecule has 1 heterocycles. The minimum absolute atomic E-state index is 0.564. The van der Waals surface area contributed by atoms with E-state index in [1.807, 2.05) is 12.3 Å². The van der Waals surface area contributed by atoms with Crippen molar-refractivity contribution in [3.05, 3.63) is 23.9 Å². The molecule has 0 saturated heterocycles. The first kappa shape index (κ1) is 11.0. The summed E-state index contributed by atoms with van der Waals surface area (Å²) in [7, 11) is 0. The number of nitrogens with zero attached hydrogens (tertiary/aromatic N) is 1. The SMILES string of the molecule is CCCC(CC)Nc1cc(C)ccn1. The molecule has 0 saturated carbocycles. The summed E-state index contributed by atoms with van der Waals surface area (Å²) in [4.78, 5) is 4.30. The van der Waals surface area contributed by atoms with Gasteiger partial charge in [-0.1, -0.05) is 20.3 Å². The maximum Gasteiger partial charge on any atom is 0.126 e. The first-order valence-electron chi connectivity index (χ1n) is 5.45. The van der Waals surface area contributed by atoms with E-state index in [1.165, 1.54) is 18.4 Å². The van der Waals surface area contributed by atoms with Gasteiger partial charge in [0, 0.05) is 12.2 Å². The molecule has 14 heavy (non-hydrogen) atoms. The van der Waals surface area contributed by atoms with Crippen molar-refractivity contribution in [3.8, 4) is 0 Å². The van der Waals surface area contributed by atoms with Gasteiger partial charge in [-0.25, -0.2) is 4.98 Å². The summed E-state index contributed by atoms with van der Waals surface area (Å²) < 4.78 is 0. The second kappa shape index (κ2) is 5.63. The summed E-state index contributed by atoms with van der Waals surface area (Å²) in [5.41, 5.74) is 1.26. The molecule has 1 rings (SSSR count). The fraction of sp³-hybridized carbons (Fsp3) is 0.583. The molecule has 2 heteroatoms. The number of aryl methyl sites for hydroxylation is 1. The lowest BCUT2D eigenvalue weighted by molar-refractivity contribution is 0.620. The van der Waals surface area contributed by atoms with Crippen molar-refractivity contribution in [1.82, 2.24) is 4.98 Å². The minimum Gasteiger partial charge on any atom is -0.367 e. The molecule has 0 aliphatic rings. The molecule has 1 atom stereocenters. The zero-order valence-corrected chi connectivity index (χ0v) is 9.38. The first-order chi connectivity index (χ1) is 6.76. The zero-order valence-electron chi connectivity index (χ0n) is 9.38. The standard InChI is InChI=1S/C12H20N2/c1-4-6-11(5-2)14-12-9-10(3)7-8-13-12/h7-9,11H,4-6H2,1-3H3,(H,13,14). The number of nitrogens with one attached hydrogen (secondary N) is 1. The van der Waals surface area contributed by atoms with E-state index in [9.17, 15) is 0 Å². The highest BCUT2D eigenvalue weighted by Gasteiger charge is 2.04. The zero-order chi connectivity index (χ0) is 10.4. The van der Waals surface area contributed by atoms with E-state index < -0.39 is 0 Å². The topological polar surface area (TPSA) is 24.9 Å². The number of pyridine rings is 1. The van der Waals surface area contributed by atoms with E-state index in [1.54, 1.807) is 0 Å². The van der Waals surface area contributed by atoms with Crippen LogP contribution in [0.25, 0.3) is 0 Å². The van der Waals surface area contributed by atoms with Gasteiger partial charge >= 0.3 is 0 Å². The van der Waals surface area contributed by atoms with Gasteiger partial charge in [-0.15, -0.1) is 0 Å². The Morgan fingerprint density at radius 3 is 2.79 bits per heavy atom. The smallest absolute Gasteiger partial charge is 0.126 e. The van der Waals surface area contributed by atoms with E-state index >= 15 is 0 Å². The van der Waals surface area contributed by atoms with Gasteiger partial charge in [-0.05, 0) is 37.5 Å². The highest BCUT2D eigenvalue weighted by atomic mass is 15.0. The van der Waals surface area contributed by atoms with E-state index in [4.69, 9.17) is 0 Å². The quantitative estimate of drug-likeness (QED) is 0.773. The van der Waals surface area contributed by atoms with Crippen LogP contribution in [0.1, 0.15) is 38.7 Å². The van der Waals surface area contributed by atoms with E-state index in [0.29, 0.717) is 6.04 Å². The lowest BCUT2D eigenvalue weighted by Gasteiger charge is -2.16. The van der Waals surface area contributed by atoms with Crippen LogP contribution >= 0.6 is 0 Å². The molecule has 0 amide bonds. The van der Waals surface area contributed by atoms with Crippen LogP contribution in [0.4, 0.5) is 5.82 Å². The van der Waals surface area contributed by atoms with Crippen LogP contribution in [0.15, 0.2) is 18.3 Å². The molecule has 1 N–H and O–H groups in total. The lowest BCUT2D eigenvalue weighted by Crippen LogP contribution is -2.18. The number of rotatable bonds is 5. The highest BCUT2D eigenvalue weighted by Crippen LogP contribution is 2.11. The average molecular weight is 192 g/mol. The predicted molar refractivity (Wildman–Crippen MR) is 61.6 cm³/mol. The average Bonchev–Trinajstić information content (AvgIpc) is 2.17. The monoisotopic (exact) mass is 192 g/mol. The molecule has 0 aromatic carbocycles. The molecule has 2 nitrogen and oxygen atoms in total. The number of hydrogen-bond acceptors (Lipinski definition) is 2. The highest BCUT2D eigenvalue weighted by molar-refractivity contribution is 5.37. The fourth-order valence-corrected chi connectivity index (χ4v) is 1.55. The molecule has 0 aliphatic carbocycles. The van der Waals surface area contributed by atoms with E-state index in [2.05, 4.69) is 37.1 Å². The first-order valence-corrected chi connectivity index (χ1v) is 5.45. The molecular weight excluding hydrogens is 172 g/mol. The van der Waals surface area contributed by atoms with Gasteiger partial charge in [-0.3, -0.25) is 0 Å². The molecule has 0 radical (unpaired) electrons. The van der Waals surface area contributed by atoms with E-state index in [-0.39, 0.29) is 0 Å². The molecule has 1 unspecified atom stereocenters. The van der Waals surface area contributed by atoms with Crippen LogP contribution in [0.5, 0.6) is 0 Å². The van der Waals surface area contributed by atoms with Crippen molar-refractivity contribution < 1.29 is 0 Å². The Balaban J connectivity index is 2.57. The van der Waals surface area contributed by atoms with Gasteiger partial charge in [0.1, 0.15) is 5.82 Å². The largest absolute Gasteiger partial charge is 0.367 e. The Kier molecular flexibility index (Phi) is 4.44. The van der Waals surface area contributed by atoms with Crippen LogP contribution in [0.3, 0.4) is 0 Å². The van der Waals surface area contributed by atoms with Crippen LogP contribution in [0, 0.1) is 6.92 Å². The Hall–Kier alpha value is -1.05. The lowest BCUT2D eigenvalue weighted by atomic mass is 10.1. The molecule has 78 valence electrons. The van der Waals surface area contributed by atoms with Crippen molar-refractivity contribution in [2.24, 2.45) is 0 Å².